The van der Waals surface area contributed by atoms with Crippen molar-refractivity contribution >= 4 is 21.2 Å². The summed E-state index contributed by atoms with van der Waals surface area (Å²) >= 11 is 0. The second kappa shape index (κ2) is 4.68. The predicted molar refractivity (Wildman–Crippen MR) is 63.5 cm³/mol. The lowest BCUT2D eigenvalue weighted by Gasteiger charge is -2.13. The molecule has 1 aromatic carbocycles. The van der Waals surface area contributed by atoms with Crippen LogP contribution in [-0.2, 0) is 9.84 Å². The Kier molecular flexibility index (Phi) is 3.69. The lowest BCUT2D eigenvalue weighted by molar-refractivity contribution is -0.384. The summed E-state index contributed by atoms with van der Waals surface area (Å²) in [4.78, 5) is 10.1. The van der Waals surface area contributed by atoms with Gasteiger partial charge in [-0.05, 0) is 12.1 Å². The molecule has 0 saturated heterocycles. The van der Waals surface area contributed by atoms with Gasteiger partial charge >= 0.3 is 0 Å². The highest BCUT2D eigenvalue weighted by Gasteiger charge is 2.18. The summed E-state index contributed by atoms with van der Waals surface area (Å²) in [6.45, 7) is 0. The lowest BCUT2D eigenvalue weighted by atomic mass is 10.3. The number of anilines is 1. The van der Waals surface area contributed by atoms with Gasteiger partial charge in [-0.3, -0.25) is 10.1 Å². The minimum absolute atomic E-state index is 0.0755. The highest BCUT2D eigenvalue weighted by atomic mass is 32.2. The van der Waals surface area contributed by atoms with Gasteiger partial charge in [0.1, 0.15) is 5.69 Å². The van der Waals surface area contributed by atoms with Crippen LogP contribution in [0.3, 0.4) is 0 Å². The van der Waals surface area contributed by atoms with Crippen LogP contribution in [0, 0.1) is 10.1 Å². The van der Waals surface area contributed by atoms with Crippen molar-refractivity contribution in [1.29, 1.82) is 0 Å². The summed E-state index contributed by atoms with van der Waals surface area (Å²) in [5, 5.41) is 12.4. The van der Waals surface area contributed by atoms with E-state index >= 15 is 0 Å². The molecule has 0 aromatic heterocycles. The zero-order chi connectivity index (χ0) is 13.2. The van der Waals surface area contributed by atoms with Crippen molar-refractivity contribution in [2.45, 2.75) is 4.90 Å². The van der Waals surface area contributed by atoms with Gasteiger partial charge in [0.05, 0.1) is 9.82 Å². The second-order valence-corrected chi connectivity index (χ2v) is 5.73. The molecule has 0 saturated carbocycles. The number of nitrogens with one attached hydrogen (secondary N) is 1. The molecule has 0 aliphatic carbocycles. The van der Waals surface area contributed by atoms with E-state index in [1.807, 2.05) is 0 Å². The van der Waals surface area contributed by atoms with Gasteiger partial charge in [-0.15, -0.1) is 0 Å². The molecule has 0 aliphatic heterocycles. The maximum Gasteiger partial charge on any atom is 0.294 e. The lowest BCUT2D eigenvalue weighted by Crippen LogP contribution is -2.20. The monoisotopic (exact) mass is 259 g/mol. The number of nitro benzene ring substituents is 1. The number of hydrogen-bond acceptors (Lipinski definition) is 6. The maximum atomic E-state index is 11.3. The van der Waals surface area contributed by atoms with Crippen LogP contribution in [0.4, 0.5) is 11.4 Å². The Hall–Kier alpha value is -1.67. The molecular weight excluding hydrogens is 246 g/mol. The fourth-order valence-corrected chi connectivity index (χ4v) is 1.87. The summed E-state index contributed by atoms with van der Waals surface area (Å²) in [5.41, 5.74) is 2.70. The molecule has 0 aliphatic rings. The van der Waals surface area contributed by atoms with Crippen LogP contribution in [0.5, 0.6) is 0 Å². The molecule has 0 atom stereocenters. The molecule has 0 radical (unpaired) electrons. The molecule has 1 aromatic rings. The molecule has 0 spiro atoms. The zero-order valence-electron chi connectivity index (χ0n) is 9.67. The highest BCUT2D eigenvalue weighted by Crippen LogP contribution is 2.27. The van der Waals surface area contributed by atoms with Crippen molar-refractivity contribution < 1.29 is 13.3 Å². The van der Waals surface area contributed by atoms with Gasteiger partial charge in [-0.1, -0.05) is 0 Å². The van der Waals surface area contributed by atoms with Crippen molar-refractivity contribution in [1.82, 2.24) is 5.01 Å². The van der Waals surface area contributed by atoms with E-state index in [9.17, 15) is 18.5 Å². The molecule has 0 bridgehead atoms. The predicted octanol–water partition coefficient (Wildman–Crippen LogP) is 0.887. The zero-order valence-corrected chi connectivity index (χ0v) is 10.5. The number of rotatable bonds is 4. The van der Waals surface area contributed by atoms with E-state index in [1.165, 1.54) is 17.1 Å². The van der Waals surface area contributed by atoms with Crippen molar-refractivity contribution in [3.63, 3.8) is 0 Å². The van der Waals surface area contributed by atoms with Gasteiger partial charge < -0.3 is 5.43 Å². The fraction of sp³-hybridized carbons (Fsp3) is 0.333. The third kappa shape index (κ3) is 3.40. The van der Waals surface area contributed by atoms with E-state index in [-0.39, 0.29) is 16.3 Å². The molecule has 94 valence electrons. The molecule has 0 amide bonds. The molecule has 17 heavy (non-hydrogen) atoms. The van der Waals surface area contributed by atoms with E-state index in [0.717, 1.165) is 12.3 Å². The van der Waals surface area contributed by atoms with Crippen LogP contribution in [0.2, 0.25) is 0 Å². The van der Waals surface area contributed by atoms with Crippen molar-refractivity contribution in [2.75, 3.05) is 25.8 Å². The minimum Gasteiger partial charge on any atom is -0.313 e. The average Bonchev–Trinajstić information content (AvgIpc) is 2.15. The van der Waals surface area contributed by atoms with Crippen LogP contribution in [0.1, 0.15) is 0 Å². The molecule has 7 nitrogen and oxygen atoms in total. The van der Waals surface area contributed by atoms with Crippen LogP contribution in [0.15, 0.2) is 23.1 Å². The quantitative estimate of drug-likeness (QED) is 0.637. The number of sulfone groups is 1. The Morgan fingerprint density at radius 3 is 2.35 bits per heavy atom. The second-order valence-electron chi connectivity index (χ2n) is 3.71. The SMILES string of the molecule is CN(C)Nc1ccc(S(C)(=O)=O)cc1[N+](=O)[O-]. The third-order valence-electron chi connectivity index (χ3n) is 1.94. The van der Waals surface area contributed by atoms with E-state index in [2.05, 4.69) is 5.43 Å². The first-order chi connectivity index (χ1) is 7.71. The van der Waals surface area contributed by atoms with Gasteiger partial charge in [-0.2, -0.15) is 0 Å². The van der Waals surface area contributed by atoms with Crippen molar-refractivity contribution in [3.8, 4) is 0 Å². The first-order valence-corrected chi connectivity index (χ1v) is 6.53. The molecule has 0 unspecified atom stereocenters. The number of nitro groups is 1. The Balaban J connectivity index is 3.32. The molecule has 1 N–H and O–H groups in total. The fourth-order valence-electron chi connectivity index (χ4n) is 1.23. The Labute approximate surface area is 99.1 Å². The Morgan fingerprint density at radius 1 is 1.35 bits per heavy atom. The van der Waals surface area contributed by atoms with Crippen LogP contribution in [0.25, 0.3) is 0 Å². The van der Waals surface area contributed by atoms with Gasteiger partial charge in [0, 0.05) is 26.4 Å². The topological polar surface area (TPSA) is 92.6 Å². The molecular formula is C9H13N3O4S. The first-order valence-electron chi connectivity index (χ1n) is 4.64. The van der Waals surface area contributed by atoms with Crippen molar-refractivity contribution in [2.24, 2.45) is 0 Å². The van der Waals surface area contributed by atoms with Crippen LogP contribution >= 0.6 is 0 Å². The Bertz CT molecular complexity index is 539. The number of hydrogen-bond donors (Lipinski definition) is 1. The number of benzene rings is 1. The summed E-state index contributed by atoms with van der Waals surface area (Å²) in [6, 6.07) is 3.74. The normalized spacial score (nSPS) is 11.5. The summed E-state index contributed by atoms with van der Waals surface area (Å²) in [5.74, 6) is 0. The van der Waals surface area contributed by atoms with Crippen LogP contribution in [-0.4, -0.2) is 38.7 Å². The van der Waals surface area contributed by atoms with Crippen LogP contribution < -0.4 is 5.43 Å². The number of nitrogens with zero attached hydrogens (tertiary/aromatic N) is 2. The minimum atomic E-state index is -3.45. The van der Waals surface area contributed by atoms with Crippen molar-refractivity contribution in [3.05, 3.63) is 28.3 Å². The highest BCUT2D eigenvalue weighted by molar-refractivity contribution is 7.90. The standard InChI is InChI=1S/C9H13N3O4S/c1-11(2)10-8-5-4-7(17(3,15)16)6-9(8)12(13)14/h4-6,10H,1-3H3. The number of hydrazine groups is 1. The van der Waals surface area contributed by atoms with Gasteiger partial charge in [0.2, 0.25) is 0 Å². The smallest absolute Gasteiger partial charge is 0.294 e. The van der Waals surface area contributed by atoms with Gasteiger partial charge in [-0.25, -0.2) is 13.4 Å². The molecule has 8 heteroatoms. The largest absolute Gasteiger partial charge is 0.313 e. The molecule has 0 fully saturated rings. The van der Waals surface area contributed by atoms with Gasteiger partial charge in [0.25, 0.3) is 5.69 Å². The van der Waals surface area contributed by atoms with E-state index in [0.29, 0.717) is 0 Å². The van der Waals surface area contributed by atoms with E-state index in [1.54, 1.807) is 14.1 Å². The molecule has 1 rings (SSSR count). The van der Waals surface area contributed by atoms with Gasteiger partial charge in [0.15, 0.2) is 9.84 Å². The summed E-state index contributed by atoms with van der Waals surface area (Å²) < 4.78 is 22.6. The summed E-state index contributed by atoms with van der Waals surface area (Å²) in [7, 11) is -0.100. The maximum absolute atomic E-state index is 11.3. The Morgan fingerprint density at radius 2 is 1.94 bits per heavy atom. The first kappa shape index (κ1) is 13.4. The molecule has 0 heterocycles. The average molecular weight is 259 g/mol. The summed E-state index contributed by atoms with van der Waals surface area (Å²) in [6.07, 6.45) is 1.01. The van der Waals surface area contributed by atoms with E-state index in [4.69, 9.17) is 0 Å². The van der Waals surface area contributed by atoms with E-state index < -0.39 is 14.8 Å². The third-order valence-corrected chi connectivity index (χ3v) is 3.05.